The minimum absolute atomic E-state index is 0. The smallest absolute Gasteiger partial charge is 0.261 e. The molecule has 0 radical (unpaired) electrons. The highest BCUT2D eigenvalue weighted by Gasteiger charge is 2.20. The van der Waals surface area contributed by atoms with Crippen LogP contribution in [-0.4, -0.2) is 26.4 Å². The Hall–Kier alpha value is -1.27. The van der Waals surface area contributed by atoms with Crippen molar-refractivity contribution in [2.75, 3.05) is 11.8 Å². The molecular formula is C20H25Cl2N2O2S-. The standard InChI is InChI=1S/C20H25ClN2O2S.ClH/c1-23(18-8-3-2-4-9-18)15-16-7-5-6-10-20(16)22-26(24,25)19-13-11-17(21)12-14-19;/h5-7,10-14,18,22H,2-4,8-9,15H2,1H3;1H/p-1. The number of benzene rings is 2. The van der Waals surface area contributed by atoms with Gasteiger partial charge in [-0.1, -0.05) is 49.1 Å². The number of hydrogen-bond donors (Lipinski definition) is 1. The van der Waals surface area contributed by atoms with Gasteiger partial charge in [0, 0.05) is 17.6 Å². The second-order valence-corrected chi connectivity index (χ2v) is 9.04. The van der Waals surface area contributed by atoms with Crippen LogP contribution in [0.15, 0.2) is 53.4 Å². The molecule has 1 N–H and O–H groups in total. The molecule has 4 nitrogen and oxygen atoms in total. The van der Waals surface area contributed by atoms with E-state index in [0.29, 0.717) is 16.8 Å². The molecular weight excluding hydrogens is 403 g/mol. The quantitative estimate of drug-likeness (QED) is 0.765. The fourth-order valence-electron chi connectivity index (χ4n) is 3.49. The number of sulfonamides is 1. The van der Waals surface area contributed by atoms with Gasteiger partial charge < -0.3 is 12.4 Å². The number of nitrogens with one attached hydrogen (secondary N) is 1. The van der Waals surface area contributed by atoms with E-state index in [1.165, 1.54) is 44.2 Å². The number of nitrogens with zero attached hydrogens (tertiary/aromatic N) is 1. The first-order chi connectivity index (χ1) is 12.5. The van der Waals surface area contributed by atoms with Gasteiger partial charge in [-0.3, -0.25) is 9.62 Å². The summed E-state index contributed by atoms with van der Waals surface area (Å²) in [5.74, 6) is 0. The SMILES string of the molecule is CN(Cc1ccccc1NS(=O)(=O)c1ccc(Cl)cc1)C1CCCCC1.[Cl-]. The molecule has 1 saturated carbocycles. The summed E-state index contributed by atoms with van der Waals surface area (Å²) in [5, 5.41) is 0.512. The molecule has 0 unspecified atom stereocenters. The van der Waals surface area contributed by atoms with Crippen LogP contribution >= 0.6 is 11.6 Å². The molecule has 0 bridgehead atoms. The third kappa shape index (κ3) is 5.85. The lowest BCUT2D eigenvalue weighted by molar-refractivity contribution is -0.00000765. The highest BCUT2D eigenvalue weighted by Crippen LogP contribution is 2.26. The van der Waals surface area contributed by atoms with E-state index >= 15 is 0 Å². The van der Waals surface area contributed by atoms with E-state index in [9.17, 15) is 8.42 Å². The first kappa shape index (κ1) is 22.0. The van der Waals surface area contributed by atoms with E-state index in [1.807, 2.05) is 24.3 Å². The van der Waals surface area contributed by atoms with Crippen molar-refractivity contribution in [2.24, 2.45) is 0 Å². The average Bonchev–Trinajstić information content (AvgIpc) is 2.64. The highest BCUT2D eigenvalue weighted by molar-refractivity contribution is 7.92. The molecule has 1 aliphatic carbocycles. The minimum Gasteiger partial charge on any atom is -1.00 e. The summed E-state index contributed by atoms with van der Waals surface area (Å²) >= 11 is 5.86. The first-order valence-electron chi connectivity index (χ1n) is 9.02. The van der Waals surface area contributed by atoms with Crippen LogP contribution in [0.4, 0.5) is 5.69 Å². The Morgan fingerprint density at radius 2 is 1.67 bits per heavy atom. The van der Waals surface area contributed by atoms with Crippen molar-refractivity contribution in [1.82, 2.24) is 4.90 Å². The van der Waals surface area contributed by atoms with Gasteiger partial charge in [-0.2, -0.15) is 0 Å². The normalized spacial score (nSPS) is 15.4. The van der Waals surface area contributed by atoms with Gasteiger partial charge in [0.1, 0.15) is 0 Å². The second-order valence-electron chi connectivity index (χ2n) is 6.92. The molecule has 0 amide bonds. The molecule has 148 valence electrons. The van der Waals surface area contributed by atoms with E-state index < -0.39 is 10.0 Å². The molecule has 27 heavy (non-hydrogen) atoms. The molecule has 0 aliphatic heterocycles. The Balaban J connectivity index is 0.00000261. The van der Waals surface area contributed by atoms with E-state index in [4.69, 9.17) is 11.6 Å². The molecule has 0 aromatic heterocycles. The van der Waals surface area contributed by atoms with Crippen LogP contribution in [0.1, 0.15) is 37.7 Å². The van der Waals surface area contributed by atoms with Crippen molar-refractivity contribution in [3.8, 4) is 0 Å². The summed E-state index contributed by atoms with van der Waals surface area (Å²) in [7, 11) is -1.51. The summed E-state index contributed by atoms with van der Waals surface area (Å²) < 4.78 is 28.1. The summed E-state index contributed by atoms with van der Waals surface area (Å²) in [4.78, 5) is 2.55. The Morgan fingerprint density at radius 3 is 2.33 bits per heavy atom. The lowest BCUT2D eigenvalue weighted by Gasteiger charge is -2.31. The zero-order valence-electron chi connectivity index (χ0n) is 15.4. The van der Waals surface area contributed by atoms with Gasteiger partial charge in [0.05, 0.1) is 10.6 Å². The summed E-state index contributed by atoms with van der Waals surface area (Å²) in [6.07, 6.45) is 6.31. The summed E-state index contributed by atoms with van der Waals surface area (Å²) in [5.41, 5.74) is 1.61. The van der Waals surface area contributed by atoms with Gasteiger partial charge >= 0.3 is 0 Å². The Kier molecular flexibility index (Phi) is 7.98. The van der Waals surface area contributed by atoms with Crippen molar-refractivity contribution in [3.05, 3.63) is 59.1 Å². The van der Waals surface area contributed by atoms with Crippen molar-refractivity contribution < 1.29 is 20.8 Å². The van der Waals surface area contributed by atoms with Gasteiger partial charge in [0.2, 0.25) is 0 Å². The molecule has 3 rings (SSSR count). The van der Waals surface area contributed by atoms with Crippen molar-refractivity contribution in [3.63, 3.8) is 0 Å². The van der Waals surface area contributed by atoms with Gasteiger partial charge in [-0.15, -0.1) is 0 Å². The predicted molar refractivity (Wildman–Crippen MR) is 107 cm³/mol. The monoisotopic (exact) mass is 427 g/mol. The molecule has 7 heteroatoms. The fraction of sp³-hybridized carbons (Fsp3) is 0.400. The third-order valence-corrected chi connectivity index (χ3v) is 6.64. The largest absolute Gasteiger partial charge is 1.00 e. The molecule has 2 aromatic rings. The second kappa shape index (κ2) is 9.78. The van der Waals surface area contributed by atoms with E-state index in [-0.39, 0.29) is 17.3 Å². The highest BCUT2D eigenvalue weighted by atomic mass is 35.5. The third-order valence-electron chi connectivity index (χ3n) is 5.00. The van der Waals surface area contributed by atoms with Crippen molar-refractivity contribution >= 4 is 27.3 Å². The van der Waals surface area contributed by atoms with E-state index in [1.54, 1.807) is 12.1 Å². The van der Waals surface area contributed by atoms with Crippen molar-refractivity contribution in [2.45, 2.75) is 49.6 Å². The summed E-state index contributed by atoms with van der Waals surface area (Å²) in [6, 6.07) is 14.4. The predicted octanol–water partition coefficient (Wildman–Crippen LogP) is 1.91. The van der Waals surface area contributed by atoms with Crippen LogP contribution < -0.4 is 17.1 Å². The number of para-hydroxylation sites is 1. The Bertz CT molecular complexity index is 835. The number of halogens is 2. The first-order valence-corrected chi connectivity index (χ1v) is 10.9. The van der Waals surface area contributed by atoms with Crippen LogP contribution in [0.3, 0.4) is 0 Å². The lowest BCUT2D eigenvalue weighted by atomic mass is 9.94. The summed E-state index contributed by atoms with van der Waals surface area (Å²) in [6.45, 7) is 0.726. The lowest BCUT2D eigenvalue weighted by Crippen LogP contribution is -3.00. The van der Waals surface area contributed by atoms with Crippen LogP contribution in [0.25, 0.3) is 0 Å². The number of rotatable bonds is 6. The fourth-order valence-corrected chi connectivity index (χ4v) is 4.72. The minimum atomic E-state index is -3.64. The molecule has 0 heterocycles. The van der Waals surface area contributed by atoms with Crippen LogP contribution in [0.2, 0.25) is 5.02 Å². The Labute approximate surface area is 173 Å². The van der Waals surface area contributed by atoms with Crippen LogP contribution in [0, 0.1) is 0 Å². The molecule has 2 aromatic carbocycles. The average molecular weight is 428 g/mol. The van der Waals surface area contributed by atoms with Crippen LogP contribution in [0.5, 0.6) is 0 Å². The Morgan fingerprint density at radius 1 is 1.04 bits per heavy atom. The van der Waals surface area contributed by atoms with Crippen LogP contribution in [-0.2, 0) is 16.6 Å². The topological polar surface area (TPSA) is 49.4 Å². The van der Waals surface area contributed by atoms with Gasteiger partial charge in [-0.25, -0.2) is 8.42 Å². The maximum Gasteiger partial charge on any atom is 0.261 e. The zero-order chi connectivity index (χ0) is 18.6. The number of anilines is 1. The van der Waals surface area contributed by atoms with Gasteiger partial charge in [-0.05, 0) is 55.8 Å². The number of hydrogen-bond acceptors (Lipinski definition) is 3. The van der Waals surface area contributed by atoms with E-state index in [0.717, 1.165) is 12.1 Å². The molecule has 0 atom stereocenters. The van der Waals surface area contributed by atoms with Crippen molar-refractivity contribution in [1.29, 1.82) is 0 Å². The zero-order valence-corrected chi connectivity index (χ0v) is 17.7. The molecule has 1 aliphatic rings. The maximum absolute atomic E-state index is 12.7. The molecule has 0 spiro atoms. The maximum atomic E-state index is 12.7. The van der Waals surface area contributed by atoms with E-state index in [2.05, 4.69) is 16.7 Å². The van der Waals surface area contributed by atoms with Gasteiger partial charge in [0.15, 0.2) is 0 Å². The van der Waals surface area contributed by atoms with Gasteiger partial charge in [0.25, 0.3) is 10.0 Å². The molecule has 1 fully saturated rings. The molecule has 0 saturated heterocycles.